The molecule has 0 spiro atoms. The highest BCUT2D eigenvalue weighted by molar-refractivity contribution is 5.79. The summed E-state index contributed by atoms with van der Waals surface area (Å²) in [5, 5.41) is 3.86. The minimum atomic E-state index is -0.209. The van der Waals surface area contributed by atoms with Gasteiger partial charge in [-0.1, -0.05) is 0 Å². The standard InChI is InChI=1S/C19H26N4O4/c24-18-16-4-3-14(26-11-9-23-7-5-20-6-8-23)12-17(16)21-19(22-18)27-15-2-1-10-25-13-15/h3-4,12,15,20H,1-2,5-11,13H2,(H,21,22,24). The lowest BCUT2D eigenvalue weighted by Gasteiger charge is -2.26. The Morgan fingerprint density at radius 1 is 1.30 bits per heavy atom. The van der Waals surface area contributed by atoms with Crippen LogP contribution < -0.4 is 20.3 Å². The van der Waals surface area contributed by atoms with Gasteiger partial charge in [-0.15, -0.1) is 0 Å². The van der Waals surface area contributed by atoms with Crippen LogP contribution in [0.25, 0.3) is 10.9 Å². The number of H-pyrrole nitrogens is 1. The monoisotopic (exact) mass is 374 g/mol. The van der Waals surface area contributed by atoms with Crippen LogP contribution in [-0.2, 0) is 4.74 Å². The molecular weight excluding hydrogens is 348 g/mol. The number of ether oxygens (including phenoxy) is 3. The maximum Gasteiger partial charge on any atom is 0.297 e. The molecule has 2 N–H and O–H groups in total. The average molecular weight is 374 g/mol. The van der Waals surface area contributed by atoms with Gasteiger partial charge in [-0.05, 0) is 25.0 Å². The molecule has 2 aliphatic rings. The van der Waals surface area contributed by atoms with E-state index in [0.717, 1.165) is 52.2 Å². The number of aromatic nitrogens is 2. The highest BCUT2D eigenvalue weighted by Gasteiger charge is 2.17. The van der Waals surface area contributed by atoms with Gasteiger partial charge < -0.3 is 19.5 Å². The minimum Gasteiger partial charge on any atom is -0.492 e. The summed E-state index contributed by atoms with van der Waals surface area (Å²) in [5.74, 6) is 0.711. The van der Waals surface area contributed by atoms with Crippen molar-refractivity contribution in [3.8, 4) is 11.8 Å². The van der Waals surface area contributed by atoms with Crippen molar-refractivity contribution in [1.82, 2.24) is 20.2 Å². The topological polar surface area (TPSA) is 88.7 Å². The van der Waals surface area contributed by atoms with Crippen LogP contribution in [0.5, 0.6) is 11.8 Å². The van der Waals surface area contributed by atoms with Crippen molar-refractivity contribution in [2.24, 2.45) is 0 Å². The number of hydrogen-bond donors (Lipinski definition) is 2. The Morgan fingerprint density at radius 3 is 3.00 bits per heavy atom. The Morgan fingerprint density at radius 2 is 2.19 bits per heavy atom. The van der Waals surface area contributed by atoms with E-state index in [-0.39, 0.29) is 17.7 Å². The molecule has 1 aromatic carbocycles. The first-order valence-corrected chi connectivity index (χ1v) is 9.62. The molecule has 2 saturated heterocycles. The number of piperazine rings is 1. The van der Waals surface area contributed by atoms with Gasteiger partial charge in [0.05, 0.1) is 17.5 Å². The number of aromatic amines is 1. The zero-order valence-electron chi connectivity index (χ0n) is 15.4. The van der Waals surface area contributed by atoms with Gasteiger partial charge in [-0.25, -0.2) is 0 Å². The summed E-state index contributed by atoms with van der Waals surface area (Å²) in [7, 11) is 0. The van der Waals surface area contributed by atoms with E-state index in [1.807, 2.05) is 6.07 Å². The van der Waals surface area contributed by atoms with Crippen LogP contribution in [0, 0.1) is 0 Å². The minimum absolute atomic E-state index is 0.0715. The lowest BCUT2D eigenvalue weighted by Crippen LogP contribution is -2.44. The van der Waals surface area contributed by atoms with Crippen molar-refractivity contribution in [2.45, 2.75) is 18.9 Å². The second-order valence-corrected chi connectivity index (χ2v) is 6.95. The summed E-state index contributed by atoms with van der Waals surface area (Å²) in [6.45, 7) is 6.92. The van der Waals surface area contributed by atoms with Crippen LogP contribution in [0.15, 0.2) is 23.0 Å². The summed E-state index contributed by atoms with van der Waals surface area (Å²) in [5.41, 5.74) is 0.365. The van der Waals surface area contributed by atoms with Crippen molar-refractivity contribution < 1.29 is 14.2 Å². The molecule has 8 heteroatoms. The molecule has 0 saturated carbocycles. The third kappa shape index (κ3) is 4.77. The Balaban J connectivity index is 1.42. The molecule has 0 amide bonds. The largest absolute Gasteiger partial charge is 0.492 e. The van der Waals surface area contributed by atoms with Crippen LogP contribution >= 0.6 is 0 Å². The molecule has 0 radical (unpaired) electrons. The van der Waals surface area contributed by atoms with Crippen LogP contribution in [-0.4, -0.2) is 73.5 Å². The molecule has 8 nitrogen and oxygen atoms in total. The van der Waals surface area contributed by atoms with E-state index in [0.29, 0.717) is 29.9 Å². The highest BCUT2D eigenvalue weighted by Crippen LogP contribution is 2.19. The van der Waals surface area contributed by atoms with Crippen molar-refractivity contribution in [3.63, 3.8) is 0 Å². The Hall–Kier alpha value is -2.16. The predicted molar refractivity (Wildman–Crippen MR) is 102 cm³/mol. The van der Waals surface area contributed by atoms with Crippen LogP contribution in [0.2, 0.25) is 0 Å². The maximum absolute atomic E-state index is 12.3. The van der Waals surface area contributed by atoms with Crippen LogP contribution in [0.1, 0.15) is 12.8 Å². The fourth-order valence-corrected chi connectivity index (χ4v) is 3.43. The zero-order chi connectivity index (χ0) is 18.5. The van der Waals surface area contributed by atoms with E-state index in [1.54, 1.807) is 12.1 Å². The van der Waals surface area contributed by atoms with E-state index in [2.05, 4.69) is 20.2 Å². The van der Waals surface area contributed by atoms with Crippen molar-refractivity contribution in [1.29, 1.82) is 0 Å². The molecular formula is C19H26N4O4. The average Bonchev–Trinajstić information content (AvgIpc) is 2.69. The SMILES string of the molecule is O=c1[nH]c(OC2CCCOC2)nc2cc(OCCN3CCNCC3)ccc12. The Bertz CT molecular complexity index is 813. The molecule has 3 heterocycles. The first-order chi connectivity index (χ1) is 13.3. The van der Waals surface area contributed by atoms with Gasteiger partial charge in [0.25, 0.3) is 11.6 Å². The molecule has 4 rings (SSSR count). The van der Waals surface area contributed by atoms with Gasteiger partial charge in [-0.2, -0.15) is 4.98 Å². The van der Waals surface area contributed by atoms with Gasteiger partial charge in [0.2, 0.25) is 0 Å². The summed E-state index contributed by atoms with van der Waals surface area (Å²) in [6, 6.07) is 5.59. The predicted octanol–water partition coefficient (Wildman–Crippen LogP) is 0.765. The highest BCUT2D eigenvalue weighted by atomic mass is 16.5. The molecule has 1 unspecified atom stereocenters. The number of fused-ring (bicyclic) bond motifs is 1. The third-order valence-electron chi connectivity index (χ3n) is 4.94. The summed E-state index contributed by atoms with van der Waals surface area (Å²) in [4.78, 5) is 21.8. The van der Waals surface area contributed by atoms with Gasteiger partial charge in [0.1, 0.15) is 18.5 Å². The molecule has 1 aromatic heterocycles. The quantitative estimate of drug-likeness (QED) is 0.772. The van der Waals surface area contributed by atoms with Gasteiger partial charge in [0, 0.05) is 45.4 Å². The van der Waals surface area contributed by atoms with E-state index < -0.39 is 0 Å². The third-order valence-corrected chi connectivity index (χ3v) is 4.94. The van der Waals surface area contributed by atoms with E-state index >= 15 is 0 Å². The number of nitrogens with one attached hydrogen (secondary N) is 2. The smallest absolute Gasteiger partial charge is 0.297 e. The number of benzene rings is 1. The summed E-state index contributed by atoms with van der Waals surface area (Å²) < 4.78 is 17.1. The van der Waals surface area contributed by atoms with E-state index in [1.165, 1.54) is 0 Å². The second-order valence-electron chi connectivity index (χ2n) is 6.95. The molecule has 2 fully saturated rings. The molecule has 2 aliphatic heterocycles. The first-order valence-electron chi connectivity index (χ1n) is 9.62. The van der Waals surface area contributed by atoms with Crippen LogP contribution in [0.3, 0.4) is 0 Å². The number of rotatable bonds is 6. The second kappa shape index (κ2) is 8.69. The van der Waals surface area contributed by atoms with Crippen molar-refractivity contribution in [2.75, 3.05) is 52.5 Å². The Labute approximate surface area is 157 Å². The lowest BCUT2D eigenvalue weighted by molar-refractivity contribution is 0.00344. The summed E-state index contributed by atoms with van der Waals surface area (Å²) >= 11 is 0. The molecule has 0 aliphatic carbocycles. The fraction of sp³-hybridized carbons (Fsp3) is 0.579. The van der Waals surface area contributed by atoms with Crippen LogP contribution in [0.4, 0.5) is 0 Å². The molecule has 27 heavy (non-hydrogen) atoms. The fourth-order valence-electron chi connectivity index (χ4n) is 3.43. The lowest BCUT2D eigenvalue weighted by atomic mass is 10.2. The molecule has 0 bridgehead atoms. The summed E-state index contributed by atoms with van der Waals surface area (Å²) in [6.07, 6.45) is 1.78. The Kier molecular flexibility index (Phi) is 5.86. The maximum atomic E-state index is 12.3. The van der Waals surface area contributed by atoms with E-state index in [9.17, 15) is 4.79 Å². The number of nitrogens with zero attached hydrogens (tertiary/aromatic N) is 2. The molecule has 1 atom stereocenters. The first kappa shape index (κ1) is 18.2. The molecule has 2 aromatic rings. The van der Waals surface area contributed by atoms with Gasteiger partial charge in [0.15, 0.2) is 0 Å². The van der Waals surface area contributed by atoms with Gasteiger partial charge in [-0.3, -0.25) is 14.7 Å². The molecule has 146 valence electrons. The van der Waals surface area contributed by atoms with Gasteiger partial charge >= 0.3 is 0 Å². The zero-order valence-corrected chi connectivity index (χ0v) is 15.4. The normalized spacial score (nSPS) is 21.3. The van der Waals surface area contributed by atoms with Crippen molar-refractivity contribution in [3.05, 3.63) is 28.6 Å². The van der Waals surface area contributed by atoms with E-state index in [4.69, 9.17) is 14.2 Å². The number of hydrogen-bond acceptors (Lipinski definition) is 7. The van der Waals surface area contributed by atoms with Crippen molar-refractivity contribution >= 4 is 10.9 Å².